The molecule has 0 radical (unpaired) electrons. The molecule has 0 aliphatic carbocycles. The largest absolute Gasteiger partial charge is 0.343 e. The van der Waals surface area contributed by atoms with Gasteiger partial charge >= 0.3 is 0 Å². The molecule has 2 amide bonds. The highest BCUT2D eigenvalue weighted by Crippen LogP contribution is 2.29. The second kappa shape index (κ2) is 14.3. The van der Waals surface area contributed by atoms with E-state index in [4.69, 9.17) is 0 Å². The minimum atomic E-state index is -3.79. The minimum Gasteiger partial charge on any atom is -0.343 e. The van der Waals surface area contributed by atoms with Crippen molar-refractivity contribution in [2.24, 2.45) is 0 Å². The number of carbonyl (C=O) groups excluding carboxylic acids is 2. The summed E-state index contributed by atoms with van der Waals surface area (Å²) in [5.41, 5.74) is 1.20. The fourth-order valence-corrected chi connectivity index (χ4v) is 7.19. The lowest BCUT2D eigenvalue weighted by molar-refractivity contribution is -0.134. The number of rotatable bonds is 9. The number of likely N-dealkylation sites (tertiary alicyclic amines) is 2. The zero-order valence-electron chi connectivity index (χ0n) is 22.6. The van der Waals surface area contributed by atoms with Gasteiger partial charge in [-0.25, -0.2) is 8.42 Å². The van der Waals surface area contributed by atoms with Crippen LogP contribution >= 0.6 is 15.9 Å². The number of benzene rings is 2. The summed E-state index contributed by atoms with van der Waals surface area (Å²) in [5, 5.41) is 0. The maximum atomic E-state index is 13.8. The van der Waals surface area contributed by atoms with Crippen molar-refractivity contribution in [1.29, 1.82) is 0 Å². The van der Waals surface area contributed by atoms with Gasteiger partial charge in [0, 0.05) is 42.8 Å². The second-order valence-electron chi connectivity index (χ2n) is 10.7. The zero-order chi connectivity index (χ0) is 27.7. The summed E-state index contributed by atoms with van der Waals surface area (Å²) in [4.78, 5) is 30.8. The predicted octanol–water partition coefficient (Wildman–Crippen LogP) is 6.31. The van der Waals surface area contributed by atoms with E-state index in [1.165, 1.54) is 12.8 Å². The summed E-state index contributed by atoms with van der Waals surface area (Å²) in [6.45, 7) is 3.15. The molecule has 2 saturated heterocycles. The lowest BCUT2D eigenvalue weighted by atomic mass is 9.91. The summed E-state index contributed by atoms with van der Waals surface area (Å²) < 4.78 is 29.4. The fraction of sp³-hybridized carbons (Fsp3) is 0.533. The molecule has 212 valence electrons. The zero-order valence-corrected chi connectivity index (χ0v) is 25.0. The molecular formula is C30H40BrN3O4S. The van der Waals surface area contributed by atoms with Crippen LogP contribution in [-0.4, -0.2) is 56.2 Å². The average Bonchev–Trinajstić information content (AvgIpc) is 3.37. The van der Waals surface area contributed by atoms with Crippen molar-refractivity contribution >= 4 is 43.5 Å². The van der Waals surface area contributed by atoms with Crippen LogP contribution in [0.2, 0.25) is 0 Å². The molecule has 2 aromatic rings. The molecular weight excluding hydrogens is 578 g/mol. The molecule has 2 aliphatic rings. The van der Waals surface area contributed by atoms with Crippen LogP contribution in [0.1, 0.15) is 82.1 Å². The van der Waals surface area contributed by atoms with E-state index >= 15 is 0 Å². The van der Waals surface area contributed by atoms with Gasteiger partial charge in [-0.3, -0.25) is 14.3 Å². The molecule has 2 fully saturated rings. The van der Waals surface area contributed by atoms with Gasteiger partial charge in [0.25, 0.3) is 10.0 Å². The molecule has 2 heterocycles. The summed E-state index contributed by atoms with van der Waals surface area (Å²) in [6.07, 6.45) is 10.3. The van der Waals surface area contributed by atoms with Gasteiger partial charge in [-0.15, -0.1) is 0 Å². The van der Waals surface area contributed by atoms with Crippen molar-refractivity contribution in [2.75, 3.05) is 30.9 Å². The van der Waals surface area contributed by atoms with E-state index in [-0.39, 0.29) is 16.7 Å². The lowest BCUT2D eigenvalue weighted by Gasteiger charge is -2.27. The van der Waals surface area contributed by atoms with Crippen molar-refractivity contribution in [3.63, 3.8) is 0 Å². The van der Waals surface area contributed by atoms with E-state index in [0.29, 0.717) is 29.4 Å². The Kier molecular flexibility index (Phi) is 10.9. The number of amides is 2. The van der Waals surface area contributed by atoms with Crippen LogP contribution in [0.15, 0.2) is 57.9 Å². The number of halogens is 1. The number of anilines is 1. The van der Waals surface area contributed by atoms with Gasteiger partial charge in [0.2, 0.25) is 11.8 Å². The Balaban J connectivity index is 1.51. The van der Waals surface area contributed by atoms with Crippen LogP contribution in [0.4, 0.5) is 5.69 Å². The Morgan fingerprint density at radius 2 is 1.44 bits per heavy atom. The van der Waals surface area contributed by atoms with Crippen molar-refractivity contribution < 1.29 is 18.0 Å². The molecule has 1 unspecified atom stereocenters. The Hall–Kier alpha value is -2.39. The first-order valence-corrected chi connectivity index (χ1v) is 16.6. The van der Waals surface area contributed by atoms with Crippen LogP contribution in [0.3, 0.4) is 0 Å². The molecule has 0 bridgehead atoms. The molecule has 0 aromatic heterocycles. The normalized spacial score (nSPS) is 17.7. The number of hydrogen-bond donors (Lipinski definition) is 1. The van der Waals surface area contributed by atoms with Gasteiger partial charge in [-0.05, 0) is 74.4 Å². The third-order valence-electron chi connectivity index (χ3n) is 7.71. The summed E-state index contributed by atoms with van der Waals surface area (Å²) in [6, 6.07) is 13.7. The van der Waals surface area contributed by atoms with Gasteiger partial charge in [-0.2, -0.15) is 0 Å². The Morgan fingerprint density at radius 3 is 2.08 bits per heavy atom. The smallest absolute Gasteiger partial charge is 0.261 e. The second-order valence-corrected chi connectivity index (χ2v) is 13.3. The highest BCUT2D eigenvalue weighted by Gasteiger charge is 2.27. The van der Waals surface area contributed by atoms with Gasteiger partial charge in [0.1, 0.15) is 0 Å². The first-order chi connectivity index (χ1) is 18.8. The molecule has 2 aromatic carbocycles. The lowest BCUT2D eigenvalue weighted by Crippen LogP contribution is -2.36. The molecule has 0 saturated carbocycles. The van der Waals surface area contributed by atoms with Crippen molar-refractivity contribution in [2.45, 2.75) is 81.4 Å². The van der Waals surface area contributed by atoms with Crippen LogP contribution in [-0.2, 0) is 19.6 Å². The third kappa shape index (κ3) is 8.55. The Morgan fingerprint density at radius 1 is 0.821 bits per heavy atom. The molecule has 1 N–H and O–H groups in total. The van der Waals surface area contributed by atoms with Crippen molar-refractivity contribution in [3.8, 4) is 0 Å². The highest BCUT2D eigenvalue weighted by molar-refractivity contribution is 9.10. The predicted molar refractivity (Wildman–Crippen MR) is 158 cm³/mol. The molecule has 4 rings (SSSR count). The van der Waals surface area contributed by atoms with E-state index in [9.17, 15) is 18.0 Å². The summed E-state index contributed by atoms with van der Waals surface area (Å²) in [7, 11) is -3.79. The maximum Gasteiger partial charge on any atom is 0.261 e. The van der Waals surface area contributed by atoms with Gasteiger partial charge < -0.3 is 9.80 Å². The maximum absolute atomic E-state index is 13.8. The molecule has 1 atom stereocenters. The molecule has 39 heavy (non-hydrogen) atoms. The van der Waals surface area contributed by atoms with Crippen LogP contribution < -0.4 is 4.72 Å². The standard InChI is InChI=1S/C30H40BrN3O4S/c31-25-13-10-15-27(23-25)39(37,38)32-26-14-9-12-24(22-26)28(30(36)34-20-7-3-4-8-21-34)16-11-17-29(35)33-18-5-1-2-6-19-33/h9-10,12-15,22-23,28,32H,1-8,11,16-21H2. The van der Waals surface area contributed by atoms with E-state index < -0.39 is 15.9 Å². The van der Waals surface area contributed by atoms with Crippen LogP contribution in [0.5, 0.6) is 0 Å². The van der Waals surface area contributed by atoms with E-state index in [0.717, 1.165) is 70.3 Å². The molecule has 2 aliphatic heterocycles. The monoisotopic (exact) mass is 617 g/mol. The average molecular weight is 619 g/mol. The number of carbonyl (C=O) groups is 2. The van der Waals surface area contributed by atoms with Gasteiger partial charge in [0.15, 0.2) is 0 Å². The van der Waals surface area contributed by atoms with Gasteiger partial charge in [-0.1, -0.05) is 59.8 Å². The van der Waals surface area contributed by atoms with Crippen molar-refractivity contribution in [1.82, 2.24) is 9.80 Å². The Bertz CT molecular complexity index is 1220. The number of nitrogens with one attached hydrogen (secondary N) is 1. The summed E-state index contributed by atoms with van der Waals surface area (Å²) in [5.74, 6) is -0.171. The van der Waals surface area contributed by atoms with Gasteiger partial charge in [0.05, 0.1) is 10.8 Å². The van der Waals surface area contributed by atoms with E-state index in [1.54, 1.807) is 42.5 Å². The highest BCUT2D eigenvalue weighted by atomic mass is 79.9. The molecule has 7 nitrogen and oxygen atoms in total. The molecule has 9 heteroatoms. The third-order valence-corrected chi connectivity index (χ3v) is 9.58. The first-order valence-electron chi connectivity index (χ1n) is 14.3. The quantitative estimate of drug-likeness (QED) is 0.357. The number of hydrogen-bond acceptors (Lipinski definition) is 4. The van der Waals surface area contributed by atoms with Crippen molar-refractivity contribution in [3.05, 3.63) is 58.6 Å². The fourth-order valence-electron chi connectivity index (χ4n) is 5.55. The molecule has 0 spiro atoms. The van der Waals surface area contributed by atoms with E-state index in [2.05, 4.69) is 20.7 Å². The van der Waals surface area contributed by atoms with Crippen LogP contribution in [0, 0.1) is 0 Å². The topological polar surface area (TPSA) is 86.8 Å². The SMILES string of the molecule is O=C(CCCC(C(=O)N1CCCCCC1)c1cccc(NS(=O)(=O)c2cccc(Br)c2)c1)N1CCCCCC1. The first kappa shape index (κ1) is 29.6. The number of nitrogens with zero attached hydrogens (tertiary/aromatic N) is 2. The number of sulfonamides is 1. The van der Waals surface area contributed by atoms with Crippen LogP contribution in [0.25, 0.3) is 0 Å². The minimum absolute atomic E-state index is 0.0751. The summed E-state index contributed by atoms with van der Waals surface area (Å²) >= 11 is 3.33. The Labute approximate surface area is 241 Å². The van der Waals surface area contributed by atoms with E-state index in [1.807, 2.05) is 15.9 Å².